The maximum absolute atomic E-state index is 11.5. The van der Waals surface area contributed by atoms with Gasteiger partial charge in [-0.1, -0.05) is 25.3 Å². The van der Waals surface area contributed by atoms with Gasteiger partial charge in [-0.05, 0) is 12.1 Å². The summed E-state index contributed by atoms with van der Waals surface area (Å²) in [5.41, 5.74) is 0.373. The second-order valence-electron chi connectivity index (χ2n) is 3.38. The fourth-order valence-electron chi connectivity index (χ4n) is 1.28. The number of rotatable bonds is 7. The quantitative estimate of drug-likeness (QED) is 0.570. The molecule has 0 saturated carbocycles. The molecule has 19 heavy (non-hydrogen) atoms. The van der Waals surface area contributed by atoms with Gasteiger partial charge in [0.15, 0.2) is 0 Å². The van der Waals surface area contributed by atoms with E-state index in [4.69, 9.17) is 9.47 Å². The van der Waals surface area contributed by atoms with Crippen LogP contribution in [0.15, 0.2) is 43.5 Å². The smallest absolute Gasteiger partial charge is 0.338 e. The first-order valence-corrected chi connectivity index (χ1v) is 5.42. The number of esters is 1. The highest BCUT2D eigenvalue weighted by atomic mass is 32.1. The molecule has 0 aliphatic heterocycles. The molecule has 1 rings (SSSR count). The van der Waals surface area contributed by atoms with Crippen LogP contribution < -0.4 is 9.47 Å². The molecule has 0 heterocycles. The number of benzene rings is 1. The van der Waals surface area contributed by atoms with Crippen molar-refractivity contribution in [1.29, 1.82) is 0 Å². The Hall–Kier alpha value is -1.88. The fourth-order valence-corrected chi connectivity index (χ4v) is 1.28. The second-order valence-corrected chi connectivity index (χ2v) is 3.38. The van der Waals surface area contributed by atoms with E-state index in [1.807, 2.05) is 0 Å². The lowest BCUT2D eigenvalue weighted by atomic mass is 10.2. The van der Waals surface area contributed by atoms with E-state index < -0.39 is 5.97 Å². The van der Waals surface area contributed by atoms with Gasteiger partial charge >= 0.3 is 5.97 Å². The van der Waals surface area contributed by atoms with E-state index >= 15 is 0 Å². The van der Waals surface area contributed by atoms with E-state index in [2.05, 4.69) is 17.9 Å². The van der Waals surface area contributed by atoms with E-state index in [0.717, 1.165) is 0 Å². The van der Waals surface area contributed by atoms with Crippen LogP contribution in [0, 0.1) is 0 Å². The van der Waals surface area contributed by atoms with Gasteiger partial charge in [0.05, 0.1) is 12.7 Å². The van der Waals surface area contributed by atoms with Gasteiger partial charge in [-0.3, -0.25) is 0 Å². The van der Waals surface area contributed by atoms with Crippen molar-refractivity contribution in [2.24, 2.45) is 0 Å². The predicted octanol–water partition coefficient (Wildman–Crippen LogP) is 2.72. The highest BCUT2D eigenvalue weighted by molar-refractivity contribution is 7.59. The molecule has 0 amide bonds. The highest BCUT2D eigenvalue weighted by Gasteiger charge is 2.10. The summed E-state index contributed by atoms with van der Waals surface area (Å²) in [6.07, 6.45) is 3.24. The summed E-state index contributed by atoms with van der Waals surface area (Å²) < 4.78 is 15.4. The van der Waals surface area contributed by atoms with Crippen molar-refractivity contribution in [2.45, 2.75) is 0 Å². The predicted molar refractivity (Wildman–Crippen MR) is 79.5 cm³/mol. The topological polar surface area (TPSA) is 44.8 Å². The first kappa shape index (κ1) is 17.1. The molecule has 5 heteroatoms. The van der Waals surface area contributed by atoms with E-state index in [1.165, 1.54) is 7.11 Å². The first-order valence-electron chi connectivity index (χ1n) is 5.42. The van der Waals surface area contributed by atoms with Gasteiger partial charge in [0.1, 0.15) is 24.7 Å². The van der Waals surface area contributed by atoms with E-state index in [9.17, 15) is 4.79 Å². The number of ether oxygens (including phenoxy) is 3. The summed E-state index contributed by atoms with van der Waals surface area (Å²) in [5, 5.41) is 0. The van der Waals surface area contributed by atoms with Gasteiger partial charge in [0.25, 0.3) is 0 Å². The van der Waals surface area contributed by atoms with Crippen LogP contribution in [0.4, 0.5) is 0 Å². The maximum atomic E-state index is 11.5. The van der Waals surface area contributed by atoms with Crippen LogP contribution in [0.3, 0.4) is 0 Å². The molecule has 0 atom stereocenters. The molecular weight excluding hydrogens is 264 g/mol. The summed E-state index contributed by atoms with van der Waals surface area (Å²) in [6, 6.07) is 4.88. The summed E-state index contributed by atoms with van der Waals surface area (Å²) in [5.74, 6) is 0.608. The summed E-state index contributed by atoms with van der Waals surface area (Å²) >= 11 is 0. The standard InChI is InChI=1S/C14H16O4.H2S/c1-4-6-17-12-8-11(14(15)16-3)9-13(10-12)18-7-5-2;/h4-5,8-10H,1-2,6-7H2,3H3;1H2. The zero-order valence-electron chi connectivity index (χ0n) is 10.8. The molecule has 1 aromatic carbocycles. The van der Waals surface area contributed by atoms with Gasteiger partial charge in [-0.25, -0.2) is 4.79 Å². The highest BCUT2D eigenvalue weighted by Crippen LogP contribution is 2.23. The third-order valence-electron chi connectivity index (χ3n) is 2.04. The molecule has 104 valence electrons. The molecule has 0 aliphatic carbocycles. The minimum absolute atomic E-state index is 0. The Morgan fingerprint density at radius 2 is 1.58 bits per heavy atom. The molecule has 0 aliphatic rings. The Labute approximate surface area is 120 Å². The van der Waals surface area contributed by atoms with Crippen LogP contribution in [-0.2, 0) is 4.74 Å². The van der Waals surface area contributed by atoms with Gasteiger partial charge in [-0.15, -0.1) is 0 Å². The lowest BCUT2D eigenvalue weighted by Crippen LogP contribution is -2.04. The fraction of sp³-hybridized carbons (Fsp3) is 0.214. The summed E-state index contributed by atoms with van der Waals surface area (Å²) in [7, 11) is 1.32. The number of methoxy groups -OCH3 is 1. The number of hydrogen-bond donors (Lipinski definition) is 0. The van der Waals surface area contributed by atoms with Gasteiger partial charge in [0.2, 0.25) is 0 Å². The normalized spacial score (nSPS) is 8.89. The third kappa shape index (κ3) is 5.52. The van der Waals surface area contributed by atoms with Gasteiger partial charge in [-0.2, -0.15) is 13.5 Å². The number of carbonyl (C=O) groups excluding carboxylic acids is 1. The van der Waals surface area contributed by atoms with Crippen LogP contribution in [-0.4, -0.2) is 26.3 Å². The Balaban J connectivity index is 0.00000324. The van der Waals surface area contributed by atoms with Crippen molar-refractivity contribution in [2.75, 3.05) is 20.3 Å². The Morgan fingerprint density at radius 3 is 1.95 bits per heavy atom. The zero-order valence-corrected chi connectivity index (χ0v) is 11.8. The number of carbonyl (C=O) groups is 1. The van der Waals surface area contributed by atoms with E-state index in [-0.39, 0.29) is 13.5 Å². The molecule has 0 spiro atoms. The van der Waals surface area contributed by atoms with Gasteiger partial charge < -0.3 is 14.2 Å². The molecule has 0 N–H and O–H groups in total. The Morgan fingerprint density at radius 1 is 1.11 bits per heavy atom. The third-order valence-corrected chi connectivity index (χ3v) is 2.04. The van der Waals surface area contributed by atoms with Crippen LogP contribution in [0.2, 0.25) is 0 Å². The SMILES string of the molecule is C=CCOc1cc(OCC=C)cc(C(=O)OC)c1.S. The minimum atomic E-state index is -0.442. The molecule has 1 aromatic rings. The van der Waals surface area contributed by atoms with Gasteiger partial charge in [0, 0.05) is 6.07 Å². The molecule has 0 saturated heterocycles. The average Bonchev–Trinajstić information content (AvgIpc) is 2.41. The van der Waals surface area contributed by atoms with Crippen molar-refractivity contribution < 1.29 is 19.0 Å². The average molecular weight is 282 g/mol. The minimum Gasteiger partial charge on any atom is -0.489 e. The van der Waals surface area contributed by atoms with Crippen LogP contribution in [0.1, 0.15) is 10.4 Å². The monoisotopic (exact) mass is 282 g/mol. The first-order chi connectivity index (χ1) is 8.71. The van der Waals surface area contributed by atoms with Crippen molar-refractivity contribution >= 4 is 19.5 Å². The van der Waals surface area contributed by atoms with Crippen molar-refractivity contribution in [1.82, 2.24) is 0 Å². The molecule has 0 bridgehead atoms. The van der Waals surface area contributed by atoms with Crippen LogP contribution in [0.5, 0.6) is 11.5 Å². The lowest BCUT2D eigenvalue weighted by molar-refractivity contribution is 0.0599. The van der Waals surface area contributed by atoms with E-state index in [0.29, 0.717) is 30.3 Å². The van der Waals surface area contributed by atoms with Crippen molar-refractivity contribution in [3.63, 3.8) is 0 Å². The van der Waals surface area contributed by atoms with E-state index in [1.54, 1.807) is 30.4 Å². The largest absolute Gasteiger partial charge is 0.489 e. The lowest BCUT2D eigenvalue weighted by Gasteiger charge is -2.09. The number of hydrogen-bond acceptors (Lipinski definition) is 4. The molecule has 0 fully saturated rings. The maximum Gasteiger partial charge on any atom is 0.338 e. The van der Waals surface area contributed by atoms with Crippen LogP contribution in [0.25, 0.3) is 0 Å². The van der Waals surface area contributed by atoms with Crippen molar-refractivity contribution in [3.8, 4) is 11.5 Å². The molecule has 0 radical (unpaired) electrons. The summed E-state index contributed by atoms with van der Waals surface area (Å²) in [6.45, 7) is 7.83. The molecule has 0 unspecified atom stereocenters. The molecule has 4 nitrogen and oxygen atoms in total. The molecule has 0 aromatic heterocycles. The summed E-state index contributed by atoms with van der Waals surface area (Å²) in [4.78, 5) is 11.5. The Kier molecular flexibility index (Phi) is 8.20. The van der Waals surface area contributed by atoms with Crippen molar-refractivity contribution in [3.05, 3.63) is 49.1 Å². The zero-order chi connectivity index (χ0) is 13.4. The van der Waals surface area contributed by atoms with Crippen LogP contribution >= 0.6 is 13.5 Å². The molecular formula is C14H18O4S. The second kappa shape index (κ2) is 9.10. The Bertz CT molecular complexity index is 413.